The summed E-state index contributed by atoms with van der Waals surface area (Å²) in [5, 5.41) is 3.20. The van der Waals surface area contributed by atoms with Crippen LogP contribution in [0.1, 0.15) is 12.8 Å². The Balaban J connectivity index is 2.00. The lowest BCUT2D eigenvalue weighted by Crippen LogP contribution is -2.17. The Kier molecular flexibility index (Phi) is 4.55. The van der Waals surface area contributed by atoms with Gasteiger partial charge in [-0.1, -0.05) is 11.6 Å². The zero-order valence-electron chi connectivity index (χ0n) is 11.1. The summed E-state index contributed by atoms with van der Waals surface area (Å²) in [6, 6.07) is 4.93. The van der Waals surface area contributed by atoms with Crippen LogP contribution in [-0.2, 0) is 14.6 Å². The molecular formula is C13H16ClNO4S. The number of benzene rings is 1. The van der Waals surface area contributed by atoms with E-state index < -0.39 is 9.84 Å². The number of hydrogen-bond acceptors (Lipinski definition) is 4. The van der Waals surface area contributed by atoms with Crippen molar-refractivity contribution < 1.29 is 17.9 Å². The van der Waals surface area contributed by atoms with Crippen molar-refractivity contribution in [1.29, 1.82) is 0 Å². The third-order valence-electron chi connectivity index (χ3n) is 3.24. The predicted molar refractivity (Wildman–Crippen MR) is 78.0 cm³/mol. The maximum atomic E-state index is 12.0. The first-order valence-electron chi connectivity index (χ1n) is 6.23. The smallest absolute Gasteiger partial charge is 0.224 e. The van der Waals surface area contributed by atoms with Crippen LogP contribution in [0.5, 0.6) is 5.75 Å². The normalized spacial score (nSPS) is 20.6. The monoisotopic (exact) mass is 317 g/mol. The van der Waals surface area contributed by atoms with Gasteiger partial charge in [-0.2, -0.15) is 0 Å². The minimum atomic E-state index is -2.96. The molecule has 1 heterocycles. The Hall–Kier alpha value is -1.27. The van der Waals surface area contributed by atoms with E-state index in [2.05, 4.69) is 5.32 Å². The fourth-order valence-electron chi connectivity index (χ4n) is 2.27. The second kappa shape index (κ2) is 6.01. The van der Waals surface area contributed by atoms with Crippen molar-refractivity contribution >= 4 is 33.0 Å². The van der Waals surface area contributed by atoms with Crippen LogP contribution >= 0.6 is 11.6 Å². The van der Waals surface area contributed by atoms with Crippen molar-refractivity contribution in [1.82, 2.24) is 0 Å². The van der Waals surface area contributed by atoms with Crippen LogP contribution in [0, 0.1) is 5.92 Å². The largest absolute Gasteiger partial charge is 0.495 e. The van der Waals surface area contributed by atoms with Gasteiger partial charge in [0.25, 0.3) is 0 Å². The fraction of sp³-hybridized carbons (Fsp3) is 0.462. The van der Waals surface area contributed by atoms with Crippen molar-refractivity contribution in [2.75, 3.05) is 23.9 Å². The van der Waals surface area contributed by atoms with Gasteiger partial charge < -0.3 is 10.1 Å². The quantitative estimate of drug-likeness (QED) is 0.923. The summed E-state index contributed by atoms with van der Waals surface area (Å²) in [4.78, 5) is 12.0. The molecule has 1 aliphatic rings. The molecule has 2 rings (SSSR count). The zero-order valence-corrected chi connectivity index (χ0v) is 12.6. The molecule has 0 bridgehead atoms. The van der Waals surface area contributed by atoms with Gasteiger partial charge in [0.1, 0.15) is 5.75 Å². The summed E-state index contributed by atoms with van der Waals surface area (Å²) in [6.07, 6.45) is 0.733. The Labute approximate surface area is 123 Å². The van der Waals surface area contributed by atoms with E-state index in [0.29, 0.717) is 22.9 Å². The van der Waals surface area contributed by atoms with Gasteiger partial charge in [0.05, 0.1) is 24.3 Å². The summed E-state index contributed by atoms with van der Waals surface area (Å²) >= 11 is 5.88. The van der Waals surface area contributed by atoms with E-state index in [1.165, 1.54) is 7.11 Å². The predicted octanol–water partition coefficient (Wildman–Crippen LogP) is 2.11. The van der Waals surface area contributed by atoms with E-state index >= 15 is 0 Å². The lowest BCUT2D eigenvalue weighted by atomic mass is 10.0. The highest BCUT2D eigenvalue weighted by atomic mass is 35.5. The average Bonchev–Trinajstić information content (AvgIpc) is 2.68. The number of halogens is 1. The highest BCUT2D eigenvalue weighted by Crippen LogP contribution is 2.28. The molecule has 7 heteroatoms. The Morgan fingerprint density at radius 3 is 2.85 bits per heavy atom. The molecule has 0 radical (unpaired) electrons. The number of carbonyl (C=O) groups is 1. The van der Waals surface area contributed by atoms with Crippen LogP contribution in [-0.4, -0.2) is 32.9 Å². The molecule has 5 nitrogen and oxygen atoms in total. The molecule has 20 heavy (non-hydrogen) atoms. The lowest BCUT2D eigenvalue weighted by Gasteiger charge is -2.12. The molecule has 1 saturated heterocycles. The molecule has 0 saturated carbocycles. The number of anilines is 1. The molecule has 110 valence electrons. The molecular weight excluding hydrogens is 302 g/mol. The minimum absolute atomic E-state index is 0.0904. The van der Waals surface area contributed by atoms with Crippen molar-refractivity contribution in [3.63, 3.8) is 0 Å². The van der Waals surface area contributed by atoms with Crippen LogP contribution in [0.3, 0.4) is 0 Å². The van der Waals surface area contributed by atoms with Crippen molar-refractivity contribution in [3.05, 3.63) is 23.2 Å². The van der Waals surface area contributed by atoms with E-state index in [1.54, 1.807) is 18.2 Å². The molecule has 1 aromatic carbocycles. The first kappa shape index (κ1) is 15.1. The van der Waals surface area contributed by atoms with Gasteiger partial charge in [0.15, 0.2) is 9.84 Å². The SMILES string of the molecule is COc1ccc(Cl)cc1NC(=O)C[C@@H]1CCS(=O)(=O)C1. The second-order valence-electron chi connectivity index (χ2n) is 4.87. The van der Waals surface area contributed by atoms with Crippen LogP contribution in [0.2, 0.25) is 5.02 Å². The maximum absolute atomic E-state index is 12.0. The Morgan fingerprint density at radius 2 is 2.25 bits per heavy atom. The highest BCUT2D eigenvalue weighted by molar-refractivity contribution is 7.91. The molecule has 1 amide bonds. The van der Waals surface area contributed by atoms with Gasteiger partial charge in [-0.05, 0) is 30.5 Å². The standard InChI is InChI=1S/C13H16ClNO4S/c1-19-12-3-2-10(14)7-11(12)15-13(16)6-9-4-5-20(17,18)8-9/h2-3,7,9H,4-6,8H2,1H3,(H,15,16)/t9-/m0/s1. The van der Waals surface area contributed by atoms with E-state index in [9.17, 15) is 13.2 Å². The van der Waals surface area contributed by atoms with E-state index in [0.717, 1.165) is 0 Å². The Morgan fingerprint density at radius 1 is 1.50 bits per heavy atom. The zero-order chi connectivity index (χ0) is 14.8. The summed E-state index contributed by atoms with van der Waals surface area (Å²) in [5.74, 6) is 0.443. The third kappa shape index (κ3) is 3.86. The molecule has 1 N–H and O–H groups in total. The van der Waals surface area contributed by atoms with Gasteiger partial charge in [-0.15, -0.1) is 0 Å². The fourth-order valence-corrected chi connectivity index (χ4v) is 4.31. The number of rotatable bonds is 4. The van der Waals surface area contributed by atoms with Crippen molar-refractivity contribution in [2.24, 2.45) is 5.92 Å². The van der Waals surface area contributed by atoms with Crippen LogP contribution in [0.4, 0.5) is 5.69 Å². The maximum Gasteiger partial charge on any atom is 0.224 e. The summed E-state index contributed by atoms with van der Waals surface area (Å²) in [7, 11) is -1.46. The van der Waals surface area contributed by atoms with Gasteiger partial charge in [-0.3, -0.25) is 4.79 Å². The minimum Gasteiger partial charge on any atom is -0.495 e. The van der Waals surface area contributed by atoms with Crippen LogP contribution in [0.15, 0.2) is 18.2 Å². The summed E-state index contributed by atoms with van der Waals surface area (Å²) < 4.78 is 27.8. The number of amides is 1. The van der Waals surface area contributed by atoms with E-state index in [4.69, 9.17) is 16.3 Å². The summed E-state index contributed by atoms with van der Waals surface area (Å²) in [5.41, 5.74) is 0.492. The molecule has 0 unspecified atom stereocenters. The first-order valence-corrected chi connectivity index (χ1v) is 8.43. The van der Waals surface area contributed by atoms with Gasteiger partial charge in [-0.25, -0.2) is 8.42 Å². The van der Waals surface area contributed by atoms with Crippen molar-refractivity contribution in [2.45, 2.75) is 12.8 Å². The van der Waals surface area contributed by atoms with Crippen LogP contribution in [0.25, 0.3) is 0 Å². The van der Waals surface area contributed by atoms with Gasteiger partial charge >= 0.3 is 0 Å². The Bertz CT molecular complexity index is 615. The lowest BCUT2D eigenvalue weighted by molar-refractivity contribution is -0.116. The molecule has 1 aromatic rings. The van der Waals surface area contributed by atoms with Gasteiger partial charge in [0.2, 0.25) is 5.91 Å². The number of ether oxygens (including phenoxy) is 1. The second-order valence-corrected chi connectivity index (χ2v) is 7.53. The first-order chi connectivity index (χ1) is 9.39. The topological polar surface area (TPSA) is 72.5 Å². The highest BCUT2D eigenvalue weighted by Gasteiger charge is 2.29. The van der Waals surface area contributed by atoms with Gasteiger partial charge in [0, 0.05) is 11.4 Å². The average molecular weight is 318 g/mol. The molecule has 0 spiro atoms. The van der Waals surface area contributed by atoms with E-state index in [1.807, 2.05) is 0 Å². The van der Waals surface area contributed by atoms with Crippen molar-refractivity contribution in [3.8, 4) is 5.75 Å². The number of hydrogen-bond donors (Lipinski definition) is 1. The number of sulfone groups is 1. The molecule has 0 aliphatic carbocycles. The molecule has 1 aliphatic heterocycles. The number of carbonyl (C=O) groups excluding carboxylic acids is 1. The number of nitrogens with one attached hydrogen (secondary N) is 1. The molecule has 0 aromatic heterocycles. The molecule has 1 atom stereocenters. The molecule has 1 fully saturated rings. The van der Waals surface area contributed by atoms with Crippen LogP contribution < -0.4 is 10.1 Å². The summed E-state index contributed by atoms with van der Waals surface area (Å²) in [6.45, 7) is 0. The number of methoxy groups -OCH3 is 1. The third-order valence-corrected chi connectivity index (χ3v) is 5.31. The van der Waals surface area contributed by atoms with E-state index in [-0.39, 0.29) is 29.8 Å².